The highest BCUT2D eigenvalue weighted by molar-refractivity contribution is 6.23. The monoisotopic (exact) mass is 358 g/mol. The zero-order chi connectivity index (χ0) is 19.1. The molecule has 5 heteroatoms. The summed E-state index contributed by atoms with van der Waals surface area (Å²) in [6.45, 7) is 1.68. The normalized spacial score (nSPS) is 14.8. The van der Waals surface area contributed by atoms with Gasteiger partial charge in [-0.15, -0.1) is 0 Å². The lowest BCUT2D eigenvalue weighted by Gasteiger charge is -2.20. The number of aryl methyl sites for hydroxylation is 1. The van der Waals surface area contributed by atoms with Crippen molar-refractivity contribution >= 4 is 11.6 Å². The van der Waals surface area contributed by atoms with Crippen LogP contribution in [0.5, 0.6) is 5.75 Å². The third kappa shape index (κ3) is 4.34. The van der Waals surface area contributed by atoms with Gasteiger partial charge >= 0.3 is 0 Å². The van der Waals surface area contributed by atoms with Crippen molar-refractivity contribution in [2.75, 3.05) is 21.3 Å². The van der Waals surface area contributed by atoms with E-state index in [9.17, 15) is 9.59 Å². The highest BCUT2D eigenvalue weighted by Gasteiger charge is 2.34. The molecule has 0 saturated heterocycles. The fraction of sp³-hybridized carbons (Fsp3) is 0.429. The first-order chi connectivity index (χ1) is 12.5. The molecule has 0 aromatic heterocycles. The third-order valence-electron chi connectivity index (χ3n) is 4.65. The molecule has 0 radical (unpaired) electrons. The van der Waals surface area contributed by atoms with Crippen molar-refractivity contribution in [2.45, 2.75) is 39.0 Å². The second-order valence-electron chi connectivity index (χ2n) is 6.24. The number of hydrogen-bond donors (Lipinski definition) is 0. The van der Waals surface area contributed by atoms with Crippen molar-refractivity contribution in [1.29, 1.82) is 0 Å². The topological polar surface area (TPSA) is 61.8 Å². The number of methoxy groups -OCH3 is 3. The molecule has 2 rings (SSSR count). The van der Waals surface area contributed by atoms with Crippen LogP contribution >= 0.6 is 0 Å². The molecule has 0 atom stereocenters. The lowest BCUT2D eigenvalue weighted by atomic mass is 9.89. The second kappa shape index (κ2) is 9.22. The molecule has 5 nitrogen and oxygen atoms in total. The first kappa shape index (κ1) is 19.8. The number of Topliss-reactive ketones (excluding diaryl/α,β-unsaturated/α-hetero) is 2. The number of carbonyl (C=O) groups excluding carboxylic acids is 2. The van der Waals surface area contributed by atoms with Crippen LogP contribution in [-0.2, 0) is 25.5 Å². The number of benzene rings is 1. The summed E-state index contributed by atoms with van der Waals surface area (Å²) in [7, 11) is 4.41. The lowest BCUT2D eigenvalue weighted by molar-refractivity contribution is -0.121. The average Bonchev–Trinajstić information content (AvgIpc) is 2.67. The average molecular weight is 358 g/mol. The molecule has 1 aromatic rings. The summed E-state index contributed by atoms with van der Waals surface area (Å²) in [6.07, 6.45) is 4.40. The number of carbonyl (C=O) groups is 2. The Bertz CT molecular complexity index is 725. The van der Waals surface area contributed by atoms with E-state index in [0.29, 0.717) is 17.6 Å². The Morgan fingerprint density at radius 1 is 0.731 bits per heavy atom. The van der Waals surface area contributed by atoms with Crippen molar-refractivity contribution in [3.63, 3.8) is 0 Å². The maximum absolute atomic E-state index is 12.5. The van der Waals surface area contributed by atoms with Gasteiger partial charge in [-0.3, -0.25) is 9.59 Å². The first-order valence-electron chi connectivity index (χ1n) is 8.77. The molecule has 0 unspecified atom stereocenters. The van der Waals surface area contributed by atoms with E-state index in [4.69, 9.17) is 14.2 Å². The molecule has 0 saturated carbocycles. The summed E-state index contributed by atoms with van der Waals surface area (Å²) in [5.41, 5.74) is 2.26. The summed E-state index contributed by atoms with van der Waals surface area (Å²) >= 11 is 0. The molecule has 0 spiro atoms. The van der Waals surface area contributed by atoms with Gasteiger partial charge in [0.25, 0.3) is 0 Å². The van der Waals surface area contributed by atoms with Crippen molar-refractivity contribution in [3.05, 3.63) is 52.5 Å². The Balaban J connectivity index is 1.87. The lowest BCUT2D eigenvalue weighted by Crippen LogP contribution is -2.25. The number of ketones is 2. The van der Waals surface area contributed by atoms with Gasteiger partial charge in [0.15, 0.2) is 0 Å². The van der Waals surface area contributed by atoms with E-state index in [2.05, 4.69) is 12.1 Å². The molecule has 26 heavy (non-hydrogen) atoms. The number of hydrogen-bond acceptors (Lipinski definition) is 5. The minimum Gasteiger partial charge on any atom is -0.497 e. The first-order valence-corrected chi connectivity index (χ1v) is 8.77. The van der Waals surface area contributed by atoms with Crippen molar-refractivity contribution in [1.82, 2.24) is 0 Å². The Morgan fingerprint density at radius 3 is 1.88 bits per heavy atom. The van der Waals surface area contributed by atoms with E-state index < -0.39 is 0 Å². The zero-order valence-corrected chi connectivity index (χ0v) is 15.9. The summed E-state index contributed by atoms with van der Waals surface area (Å²) in [6, 6.07) is 8.05. The quantitative estimate of drug-likeness (QED) is 0.497. The molecule has 0 aliphatic heterocycles. The molecule has 140 valence electrons. The number of rotatable bonds is 9. The smallest absolute Gasteiger partial charge is 0.228 e. The Kier molecular flexibility index (Phi) is 7.01. The Morgan fingerprint density at radius 2 is 1.31 bits per heavy atom. The van der Waals surface area contributed by atoms with Gasteiger partial charge in [0.1, 0.15) is 5.75 Å². The number of ether oxygens (including phenoxy) is 3. The Labute approximate surface area is 154 Å². The van der Waals surface area contributed by atoms with E-state index in [1.54, 1.807) is 14.0 Å². The third-order valence-corrected chi connectivity index (χ3v) is 4.65. The van der Waals surface area contributed by atoms with Crippen molar-refractivity contribution < 1.29 is 23.8 Å². The van der Waals surface area contributed by atoms with Crippen LogP contribution in [0.3, 0.4) is 0 Å². The highest BCUT2D eigenvalue weighted by atomic mass is 16.5. The van der Waals surface area contributed by atoms with Crippen LogP contribution in [0, 0.1) is 0 Å². The molecule has 0 heterocycles. The molecule has 0 N–H and O–H groups in total. The maximum Gasteiger partial charge on any atom is 0.228 e. The molecular formula is C21H26O5. The molecule has 0 bridgehead atoms. The van der Waals surface area contributed by atoms with Crippen LogP contribution in [0.15, 0.2) is 46.9 Å². The largest absolute Gasteiger partial charge is 0.497 e. The van der Waals surface area contributed by atoms with Crippen LogP contribution in [0.2, 0.25) is 0 Å². The molecular weight excluding hydrogens is 332 g/mol. The highest BCUT2D eigenvalue weighted by Crippen LogP contribution is 2.28. The maximum atomic E-state index is 12.5. The van der Waals surface area contributed by atoms with E-state index in [-0.39, 0.29) is 23.1 Å². The van der Waals surface area contributed by atoms with Crippen LogP contribution in [0.1, 0.15) is 38.2 Å². The predicted molar refractivity (Wildman–Crippen MR) is 98.9 cm³/mol. The van der Waals surface area contributed by atoms with Crippen molar-refractivity contribution in [3.8, 4) is 5.75 Å². The van der Waals surface area contributed by atoms with Gasteiger partial charge in [0.05, 0.1) is 21.3 Å². The second-order valence-corrected chi connectivity index (χ2v) is 6.24. The van der Waals surface area contributed by atoms with Gasteiger partial charge in [-0.25, -0.2) is 0 Å². The standard InChI is InChI=1S/C21H26O5/c1-14-17(19(23)21(26-4)20(25-3)18(14)22)9-7-5-6-8-15-10-12-16(24-2)13-11-15/h10-13H,5-9H2,1-4H3. The fourth-order valence-corrected chi connectivity index (χ4v) is 3.09. The van der Waals surface area contributed by atoms with Crippen molar-refractivity contribution in [2.24, 2.45) is 0 Å². The molecule has 0 amide bonds. The SMILES string of the molecule is COC1=C(OC)C(=O)C(CCCCCc2ccc(OC)cc2)=C(C)C1=O. The van der Waals surface area contributed by atoms with Gasteiger partial charge in [-0.05, 0) is 50.3 Å². The van der Waals surface area contributed by atoms with Gasteiger partial charge < -0.3 is 14.2 Å². The number of allylic oxidation sites excluding steroid dienone is 2. The van der Waals surface area contributed by atoms with Crippen LogP contribution < -0.4 is 4.74 Å². The number of unbranched alkanes of at least 4 members (excludes halogenated alkanes) is 2. The van der Waals surface area contributed by atoms with Crippen LogP contribution in [-0.4, -0.2) is 32.9 Å². The minimum atomic E-state index is -0.266. The van der Waals surface area contributed by atoms with E-state index in [0.717, 1.165) is 31.4 Å². The van der Waals surface area contributed by atoms with Crippen LogP contribution in [0.4, 0.5) is 0 Å². The van der Waals surface area contributed by atoms with E-state index in [1.165, 1.54) is 19.8 Å². The molecule has 0 fully saturated rings. The summed E-state index contributed by atoms with van der Waals surface area (Å²) in [5, 5.41) is 0. The fourth-order valence-electron chi connectivity index (χ4n) is 3.09. The minimum absolute atomic E-state index is 0.00162. The van der Waals surface area contributed by atoms with Gasteiger partial charge in [-0.2, -0.15) is 0 Å². The summed E-state index contributed by atoms with van der Waals surface area (Å²) in [4.78, 5) is 24.9. The predicted octanol–water partition coefficient (Wildman–Crippen LogP) is 3.77. The Hall–Kier alpha value is -2.56. The van der Waals surface area contributed by atoms with Gasteiger partial charge in [0, 0.05) is 11.1 Å². The van der Waals surface area contributed by atoms with E-state index >= 15 is 0 Å². The van der Waals surface area contributed by atoms with E-state index in [1.807, 2.05) is 12.1 Å². The van der Waals surface area contributed by atoms with Crippen LogP contribution in [0.25, 0.3) is 0 Å². The molecule has 1 aliphatic rings. The van der Waals surface area contributed by atoms with Gasteiger partial charge in [0.2, 0.25) is 23.1 Å². The molecule has 1 aromatic carbocycles. The zero-order valence-electron chi connectivity index (χ0n) is 15.9. The van der Waals surface area contributed by atoms with Gasteiger partial charge in [-0.1, -0.05) is 18.6 Å². The summed E-state index contributed by atoms with van der Waals surface area (Å²) in [5.74, 6) is 0.359. The molecule has 1 aliphatic carbocycles. The summed E-state index contributed by atoms with van der Waals surface area (Å²) < 4.78 is 15.3.